The Morgan fingerprint density at radius 2 is 1.62 bits per heavy atom. The van der Waals surface area contributed by atoms with Gasteiger partial charge in [0.15, 0.2) is 35.3 Å². The van der Waals surface area contributed by atoms with E-state index in [2.05, 4.69) is 49.9 Å². The Kier molecular flexibility index (Phi) is 10.7. The van der Waals surface area contributed by atoms with Gasteiger partial charge in [-0.1, -0.05) is 12.1 Å². The zero-order chi connectivity index (χ0) is 33.0. The fraction of sp³-hybridized carbons (Fsp3) is 0.303. The number of halogens is 3. The van der Waals surface area contributed by atoms with Gasteiger partial charge >= 0.3 is 0 Å². The minimum absolute atomic E-state index is 0. The lowest BCUT2D eigenvalue weighted by molar-refractivity contribution is -0.545. The maximum absolute atomic E-state index is 14.1. The SMILES string of the molecule is COc1cccc(C[N+]2=C(C)c3cc4c(cc3CC2)OCO4)c1OC.OC(Cn1cncn1)(Cn1cncn1)c1ccc(F)cc1F.[Br-]. The summed E-state index contributed by atoms with van der Waals surface area (Å²) in [5.41, 5.74) is 3.15. The third-order valence-corrected chi connectivity index (χ3v) is 8.17. The van der Waals surface area contributed by atoms with Gasteiger partial charge in [0, 0.05) is 30.5 Å². The quantitative estimate of drug-likeness (QED) is 0.220. The van der Waals surface area contributed by atoms with Gasteiger partial charge in [-0.2, -0.15) is 10.2 Å². The number of hydrogen-bond acceptors (Lipinski definition) is 9. The second-order valence-electron chi connectivity index (χ2n) is 11.1. The van der Waals surface area contributed by atoms with Gasteiger partial charge in [0.05, 0.1) is 32.9 Å². The molecule has 0 saturated heterocycles. The van der Waals surface area contributed by atoms with Crippen molar-refractivity contribution in [1.29, 1.82) is 0 Å². The van der Waals surface area contributed by atoms with Gasteiger partial charge < -0.3 is 41.0 Å². The average molecular weight is 727 g/mol. The van der Waals surface area contributed by atoms with Crippen LogP contribution in [0.25, 0.3) is 0 Å². The predicted octanol–water partition coefficient (Wildman–Crippen LogP) is 0.750. The zero-order valence-electron chi connectivity index (χ0n) is 26.5. The van der Waals surface area contributed by atoms with E-state index in [4.69, 9.17) is 18.9 Å². The lowest BCUT2D eigenvalue weighted by Gasteiger charge is -2.28. The molecular weight excluding hydrogens is 692 g/mol. The molecule has 0 aliphatic carbocycles. The molecule has 3 aromatic carbocycles. The summed E-state index contributed by atoms with van der Waals surface area (Å²) < 4.78 is 54.4. The van der Waals surface area contributed by atoms with Crippen LogP contribution in [0.3, 0.4) is 0 Å². The number of para-hydroxylation sites is 1. The molecule has 252 valence electrons. The number of nitrogens with zero attached hydrogens (tertiary/aromatic N) is 7. The molecule has 0 saturated carbocycles. The second kappa shape index (κ2) is 14.9. The van der Waals surface area contributed by atoms with Crippen LogP contribution in [-0.4, -0.2) is 72.5 Å². The van der Waals surface area contributed by atoms with Gasteiger partial charge in [0.25, 0.3) is 0 Å². The summed E-state index contributed by atoms with van der Waals surface area (Å²) in [4.78, 5) is 7.57. The van der Waals surface area contributed by atoms with Gasteiger partial charge in [-0.3, -0.25) is 0 Å². The van der Waals surface area contributed by atoms with E-state index in [0.717, 1.165) is 60.2 Å². The van der Waals surface area contributed by atoms with E-state index in [9.17, 15) is 13.9 Å². The van der Waals surface area contributed by atoms with E-state index in [1.165, 1.54) is 57.6 Å². The Hall–Kier alpha value is -4.89. The standard InChI is InChI=1S/C20H22NO4.C13H12F2N6O.BrH/c1-13-16-10-19-18(24-12-25-19)9-14(16)7-8-21(13)11-15-5-4-6-17(22-2)20(15)23-3;14-10-1-2-11(12(15)3-10)13(22,4-20-8-16-6-18-20)5-21-9-17-7-19-21;/h4-6,9-10H,7-8,11-12H2,1-3H3;1-3,6-9,22H,4-5H2;1H/q+1;;/p-1. The lowest BCUT2D eigenvalue weighted by Crippen LogP contribution is -3.00. The fourth-order valence-corrected chi connectivity index (χ4v) is 5.85. The summed E-state index contributed by atoms with van der Waals surface area (Å²) in [5, 5.41) is 18.8. The Morgan fingerprint density at radius 1 is 0.938 bits per heavy atom. The van der Waals surface area contributed by atoms with E-state index in [1.807, 2.05) is 12.1 Å². The van der Waals surface area contributed by atoms with Crippen LogP contribution in [0, 0.1) is 11.6 Å². The lowest BCUT2D eigenvalue weighted by atomic mass is 9.93. The molecule has 0 atom stereocenters. The maximum atomic E-state index is 14.1. The van der Waals surface area contributed by atoms with Crippen LogP contribution in [0.2, 0.25) is 0 Å². The summed E-state index contributed by atoms with van der Waals surface area (Å²) in [6.45, 7) is 4.05. The number of ether oxygens (including phenoxy) is 4. The molecular formula is C33H34BrF2N7O5. The van der Waals surface area contributed by atoms with Crippen molar-refractivity contribution in [2.45, 2.75) is 38.6 Å². The largest absolute Gasteiger partial charge is 1.00 e. The number of benzene rings is 3. The van der Waals surface area contributed by atoms with Gasteiger partial charge in [0.1, 0.15) is 49.1 Å². The molecule has 1 N–H and O–H groups in total. The van der Waals surface area contributed by atoms with Crippen molar-refractivity contribution in [3.8, 4) is 23.0 Å². The summed E-state index contributed by atoms with van der Waals surface area (Å²) in [6, 6.07) is 13.2. The van der Waals surface area contributed by atoms with Gasteiger partial charge in [0.2, 0.25) is 6.79 Å². The first-order valence-corrected chi connectivity index (χ1v) is 14.8. The van der Waals surface area contributed by atoms with Gasteiger partial charge in [-0.25, -0.2) is 32.7 Å². The Bertz CT molecular complexity index is 1850. The smallest absolute Gasteiger partial charge is 0.231 e. The first-order valence-electron chi connectivity index (χ1n) is 14.8. The van der Waals surface area contributed by atoms with Crippen LogP contribution in [0.5, 0.6) is 23.0 Å². The maximum Gasteiger partial charge on any atom is 0.231 e. The molecule has 4 heterocycles. The second-order valence-corrected chi connectivity index (χ2v) is 11.1. The number of hydrogen-bond donors (Lipinski definition) is 1. The van der Waals surface area contributed by atoms with Crippen molar-refractivity contribution in [1.82, 2.24) is 29.5 Å². The van der Waals surface area contributed by atoms with Crippen LogP contribution < -0.4 is 35.9 Å². The van der Waals surface area contributed by atoms with Gasteiger partial charge in [-0.15, -0.1) is 0 Å². The van der Waals surface area contributed by atoms with Crippen LogP contribution >= 0.6 is 0 Å². The first kappa shape index (κ1) is 34.4. The third kappa shape index (κ3) is 7.31. The molecule has 12 nitrogen and oxygen atoms in total. The Morgan fingerprint density at radius 3 is 2.23 bits per heavy atom. The van der Waals surface area contributed by atoms with Crippen molar-refractivity contribution >= 4 is 5.71 Å². The van der Waals surface area contributed by atoms with Crippen molar-refractivity contribution in [2.75, 3.05) is 27.6 Å². The molecule has 48 heavy (non-hydrogen) atoms. The normalized spacial score (nSPS) is 13.3. The molecule has 2 aliphatic rings. The van der Waals surface area contributed by atoms with E-state index < -0.39 is 17.2 Å². The molecule has 2 aromatic heterocycles. The molecule has 0 bridgehead atoms. The summed E-state index contributed by atoms with van der Waals surface area (Å²) in [6.07, 6.45) is 6.38. The summed E-state index contributed by atoms with van der Waals surface area (Å²) in [7, 11) is 3.35. The van der Waals surface area contributed by atoms with E-state index in [-0.39, 0.29) is 35.6 Å². The molecule has 0 fully saturated rings. The molecule has 7 rings (SSSR count). The zero-order valence-corrected chi connectivity index (χ0v) is 28.1. The van der Waals surface area contributed by atoms with Crippen molar-refractivity contribution in [3.63, 3.8) is 0 Å². The number of methoxy groups -OCH3 is 2. The van der Waals surface area contributed by atoms with Crippen molar-refractivity contribution < 1.29 is 54.4 Å². The fourth-order valence-electron chi connectivity index (χ4n) is 5.85. The molecule has 0 amide bonds. The summed E-state index contributed by atoms with van der Waals surface area (Å²) in [5.74, 6) is 1.69. The monoisotopic (exact) mass is 725 g/mol. The van der Waals surface area contributed by atoms with E-state index in [0.29, 0.717) is 6.79 Å². The van der Waals surface area contributed by atoms with Crippen LogP contribution in [-0.2, 0) is 31.7 Å². The number of fused-ring (bicyclic) bond motifs is 2. The molecule has 0 spiro atoms. The highest BCUT2D eigenvalue weighted by Crippen LogP contribution is 2.37. The van der Waals surface area contributed by atoms with E-state index in [1.54, 1.807) is 14.2 Å². The van der Waals surface area contributed by atoms with Gasteiger partial charge in [-0.05, 0) is 35.9 Å². The Labute approximate surface area is 286 Å². The highest BCUT2D eigenvalue weighted by atomic mass is 79.9. The average Bonchev–Trinajstić information content (AvgIpc) is 3.86. The topological polar surface area (TPSA) is 122 Å². The third-order valence-electron chi connectivity index (χ3n) is 8.17. The summed E-state index contributed by atoms with van der Waals surface area (Å²) >= 11 is 0. The molecule has 15 heteroatoms. The molecule has 0 radical (unpaired) electrons. The van der Waals surface area contributed by atoms with Crippen LogP contribution in [0.1, 0.15) is 29.2 Å². The van der Waals surface area contributed by atoms with Crippen LogP contribution in [0.4, 0.5) is 8.78 Å². The highest BCUT2D eigenvalue weighted by molar-refractivity contribution is 5.97. The molecule has 2 aliphatic heterocycles. The van der Waals surface area contributed by atoms with Crippen molar-refractivity contribution in [3.05, 3.63) is 108 Å². The predicted molar refractivity (Wildman–Crippen MR) is 165 cm³/mol. The van der Waals surface area contributed by atoms with Crippen molar-refractivity contribution in [2.24, 2.45) is 0 Å². The highest BCUT2D eigenvalue weighted by Gasteiger charge is 2.34. The number of aliphatic hydroxyl groups is 1. The Balaban J connectivity index is 0.000000186. The van der Waals surface area contributed by atoms with E-state index >= 15 is 0 Å². The molecule has 5 aromatic rings. The number of aromatic nitrogens is 6. The molecule has 0 unspecified atom stereocenters. The first-order chi connectivity index (χ1) is 22.8. The minimum atomic E-state index is -1.70. The minimum Gasteiger partial charge on any atom is -1.00 e. The number of rotatable bonds is 9. The van der Waals surface area contributed by atoms with Crippen LogP contribution in [0.15, 0.2) is 73.8 Å².